The highest BCUT2D eigenvalue weighted by atomic mass is 19.1. The van der Waals surface area contributed by atoms with Crippen LogP contribution in [0, 0.1) is 11.7 Å². The maximum Gasteiger partial charge on any atom is 0.313 e. The Morgan fingerprint density at radius 2 is 1.75 bits per heavy atom. The molecule has 1 aliphatic heterocycles. The maximum atomic E-state index is 13.1. The first kappa shape index (κ1) is 20.0. The number of carbonyl (C=O) groups excluding carboxylic acids is 2. The number of likely N-dealkylation sites (tertiary alicyclic amines) is 1. The number of halogens is 1. The largest absolute Gasteiger partial charge is 0.348 e. The molecule has 0 radical (unpaired) electrons. The highest BCUT2D eigenvalue weighted by Crippen LogP contribution is 2.17. The molecule has 2 N–H and O–H groups in total. The van der Waals surface area contributed by atoms with Crippen LogP contribution in [0.5, 0.6) is 0 Å². The molecule has 1 aliphatic rings. The van der Waals surface area contributed by atoms with E-state index < -0.39 is 17.6 Å². The standard InChI is InChI=1S/C22H26FN3O2/c23-19-7-4-8-20(15-19)25-22(28)21(27)24-16-18-10-13-26(14-11-18)12-9-17-5-2-1-3-6-17/h1-8,15,18H,9-14,16H2,(H,24,27)(H,25,28). The number of amides is 2. The quantitative estimate of drug-likeness (QED) is 0.754. The molecule has 148 valence electrons. The summed E-state index contributed by atoms with van der Waals surface area (Å²) in [4.78, 5) is 26.3. The van der Waals surface area contributed by atoms with Crippen LogP contribution in [-0.2, 0) is 16.0 Å². The van der Waals surface area contributed by atoms with Crippen molar-refractivity contribution in [2.75, 3.05) is 31.5 Å². The molecule has 28 heavy (non-hydrogen) atoms. The summed E-state index contributed by atoms with van der Waals surface area (Å²) >= 11 is 0. The number of carbonyl (C=O) groups is 2. The number of nitrogens with zero attached hydrogens (tertiary/aromatic N) is 1. The van der Waals surface area contributed by atoms with E-state index in [4.69, 9.17) is 0 Å². The van der Waals surface area contributed by atoms with Gasteiger partial charge in [-0.1, -0.05) is 36.4 Å². The van der Waals surface area contributed by atoms with Crippen LogP contribution in [0.1, 0.15) is 18.4 Å². The van der Waals surface area contributed by atoms with E-state index in [2.05, 4.69) is 39.8 Å². The Morgan fingerprint density at radius 1 is 1.00 bits per heavy atom. The lowest BCUT2D eigenvalue weighted by Crippen LogP contribution is -2.42. The summed E-state index contributed by atoms with van der Waals surface area (Å²) in [6.07, 6.45) is 3.05. The molecule has 1 saturated heterocycles. The Morgan fingerprint density at radius 3 is 2.46 bits per heavy atom. The van der Waals surface area contributed by atoms with Crippen molar-refractivity contribution < 1.29 is 14.0 Å². The van der Waals surface area contributed by atoms with Crippen molar-refractivity contribution in [1.82, 2.24) is 10.2 Å². The molecule has 0 unspecified atom stereocenters. The fourth-order valence-corrected chi connectivity index (χ4v) is 3.42. The summed E-state index contributed by atoms with van der Waals surface area (Å²) in [6, 6.07) is 15.9. The van der Waals surface area contributed by atoms with Gasteiger partial charge in [0.15, 0.2) is 0 Å². The number of anilines is 1. The molecule has 0 bridgehead atoms. The molecule has 2 aromatic carbocycles. The van der Waals surface area contributed by atoms with E-state index in [1.165, 1.54) is 23.8 Å². The first-order chi connectivity index (χ1) is 13.6. The van der Waals surface area contributed by atoms with Crippen molar-refractivity contribution in [2.24, 2.45) is 5.92 Å². The van der Waals surface area contributed by atoms with Gasteiger partial charge >= 0.3 is 11.8 Å². The predicted octanol–water partition coefficient (Wildman–Crippen LogP) is 2.84. The monoisotopic (exact) mass is 383 g/mol. The van der Waals surface area contributed by atoms with Crippen molar-refractivity contribution in [3.05, 3.63) is 66.0 Å². The number of piperidine rings is 1. The van der Waals surface area contributed by atoms with Gasteiger partial charge in [-0.15, -0.1) is 0 Å². The summed E-state index contributed by atoms with van der Waals surface area (Å²) in [6.45, 7) is 3.53. The van der Waals surface area contributed by atoms with E-state index in [1.54, 1.807) is 6.07 Å². The lowest BCUT2D eigenvalue weighted by Gasteiger charge is -2.32. The van der Waals surface area contributed by atoms with Gasteiger partial charge < -0.3 is 15.5 Å². The maximum absolute atomic E-state index is 13.1. The number of rotatable bonds is 6. The highest BCUT2D eigenvalue weighted by molar-refractivity contribution is 6.39. The van der Waals surface area contributed by atoms with Crippen molar-refractivity contribution >= 4 is 17.5 Å². The molecular weight excluding hydrogens is 357 g/mol. The van der Waals surface area contributed by atoms with Crippen LogP contribution in [-0.4, -0.2) is 42.9 Å². The second kappa shape index (κ2) is 9.99. The van der Waals surface area contributed by atoms with Crippen LogP contribution in [0.2, 0.25) is 0 Å². The third-order valence-electron chi connectivity index (χ3n) is 5.11. The first-order valence-corrected chi connectivity index (χ1v) is 9.71. The third-order valence-corrected chi connectivity index (χ3v) is 5.11. The summed E-state index contributed by atoms with van der Waals surface area (Å²) in [5, 5.41) is 5.11. The van der Waals surface area contributed by atoms with Crippen molar-refractivity contribution in [2.45, 2.75) is 19.3 Å². The van der Waals surface area contributed by atoms with Gasteiger partial charge in [0.1, 0.15) is 5.82 Å². The minimum Gasteiger partial charge on any atom is -0.348 e. The van der Waals surface area contributed by atoms with Crippen molar-refractivity contribution in [3.8, 4) is 0 Å². The van der Waals surface area contributed by atoms with E-state index >= 15 is 0 Å². The molecule has 6 heteroatoms. The minimum absolute atomic E-state index is 0.270. The van der Waals surface area contributed by atoms with E-state index in [-0.39, 0.29) is 5.69 Å². The average molecular weight is 383 g/mol. The minimum atomic E-state index is -0.772. The van der Waals surface area contributed by atoms with Gasteiger partial charge in [0.2, 0.25) is 0 Å². The zero-order valence-electron chi connectivity index (χ0n) is 15.9. The summed E-state index contributed by atoms with van der Waals surface area (Å²) < 4.78 is 13.1. The molecule has 0 atom stereocenters. The van der Waals surface area contributed by atoms with Gasteiger partial charge in [-0.3, -0.25) is 9.59 Å². The van der Waals surface area contributed by atoms with E-state index in [1.807, 2.05) is 6.07 Å². The second-order valence-corrected chi connectivity index (χ2v) is 7.20. The molecule has 0 spiro atoms. The molecule has 1 fully saturated rings. The third kappa shape index (κ3) is 6.16. The Kier molecular flexibility index (Phi) is 7.14. The lowest BCUT2D eigenvalue weighted by atomic mass is 9.96. The molecule has 3 rings (SSSR count). The van der Waals surface area contributed by atoms with Crippen LogP contribution < -0.4 is 10.6 Å². The molecule has 5 nitrogen and oxygen atoms in total. The van der Waals surface area contributed by atoms with E-state index in [0.717, 1.165) is 38.9 Å². The Balaban J connectivity index is 1.34. The predicted molar refractivity (Wildman–Crippen MR) is 107 cm³/mol. The van der Waals surface area contributed by atoms with Crippen LogP contribution in [0.15, 0.2) is 54.6 Å². The smallest absolute Gasteiger partial charge is 0.313 e. The number of hydrogen-bond acceptors (Lipinski definition) is 3. The van der Waals surface area contributed by atoms with Gasteiger partial charge in [-0.05, 0) is 62.0 Å². The first-order valence-electron chi connectivity index (χ1n) is 9.71. The van der Waals surface area contributed by atoms with Crippen LogP contribution in [0.25, 0.3) is 0 Å². The second-order valence-electron chi connectivity index (χ2n) is 7.20. The molecule has 0 aromatic heterocycles. The Bertz CT molecular complexity index is 789. The Labute approximate surface area is 164 Å². The molecule has 2 aromatic rings. The molecule has 1 heterocycles. The van der Waals surface area contributed by atoms with Gasteiger partial charge in [0.05, 0.1) is 0 Å². The number of nitrogens with one attached hydrogen (secondary N) is 2. The van der Waals surface area contributed by atoms with Gasteiger partial charge in [-0.25, -0.2) is 4.39 Å². The number of hydrogen-bond donors (Lipinski definition) is 2. The van der Waals surface area contributed by atoms with Gasteiger partial charge in [-0.2, -0.15) is 0 Å². The van der Waals surface area contributed by atoms with E-state index in [9.17, 15) is 14.0 Å². The summed E-state index contributed by atoms with van der Waals surface area (Å²) in [7, 11) is 0. The summed E-state index contributed by atoms with van der Waals surface area (Å²) in [5.41, 5.74) is 1.62. The van der Waals surface area contributed by atoms with Crippen LogP contribution in [0.4, 0.5) is 10.1 Å². The normalized spacial score (nSPS) is 15.2. The van der Waals surface area contributed by atoms with Crippen LogP contribution >= 0.6 is 0 Å². The molecule has 2 amide bonds. The SMILES string of the molecule is O=C(NCC1CCN(CCc2ccccc2)CC1)C(=O)Nc1cccc(F)c1. The fraction of sp³-hybridized carbons (Fsp3) is 0.364. The topological polar surface area (TPSA) is 61.4 Å². The fourth-order valence-electron chi connectivity index (χ4n) is 3.42. The van der Waals surface area contributed by atoms with Crippen LogP contribution in [0.3, 0.4) is 0 Å². The van der Waals surface area contributed by atoms with Crippen molar-refractivity contribution in [3.63, 3.8) is 0 Å². The van der Waals surface area contributed by atoms with Crippen molar-refractivity contribution in [1.29, 1.82) is 0 Å². The molecule has 0 aliphatic carbocycles. The average Bonchev–Trinajstić information content (AvgIpc) is 2.72. The number of benzene rings is 2. The van der Waals surface area contributed by atoms with E-state index in [0.29, 0.717) is 12.5 Å². The van der Waals surface area contributed by atoms with Gasteiger partial charge in [0, 0.05) is 18.8 Å². The highest BCUT2D eigenvalue weighted by Gasteiger charge is 2.21. The Hall–Kier alpha value is -2.73. The molecular formula is C22H26FN3O2. The zero-order chi connectivity index (χ0) is 19.8. The zero-order valence-corrected chi connectivity index (χ0v) is 15.9. The molecule has 0 saturated carbocycles. The lowest BCUT2D eigenvalue weighted by molar-refractivity contribution is -0.136. The summed E-state index contributed by atoms with van der Waals surface area (Å²) in [5.74, 6) is -1.54. The van der Waals surface area contributed by atoms with Gasteiger partial charge in [0.25, 0.3) is 0 Å².